The minimum Gasteiger partial charge on any atom is -0.193 e. The lowest BCUT2D eigenvalue weighted by atomic mass is 9.92. The highest BCUT2D eigenvalue weighted by atomic mass is 35.9. The summed E-state index contributed by atoms with van der Waals surface area (Å²) in [5.41, 5.74) is 8.62. The summed E-state index contributed by atoms with van der Waals surface area (Å²) < 4.78 is 4.50. The number of hydrogen-bond acceptors (Lipinski definition) is 0. The first kappa shape index (κ1) is 25.3. The molecule has 0 radical (unpaired) electrons. The molecule has 3 rings (SSSR count). The zero-order valence-electron chi connectivity index (χ0n) is 20.5. The third-order valence-electron chi connectivity index (χ3n) is 6.11. The first-order chi connectivity index (χ1) is 15.1. The van der Waals surface area contributed by atoms with E-state index in [4.69, 9.17) is 22.5 Å². The molecule has 0 aliphatic heterocycles. The van der Waals surface area contributed by atoms with Crippen molar-refractivity contribution in [1.82, 2.24) is 4.57 Å². The van der Waals surface area contributed by atoms with Gasteiger partial charge in [0, 0.05) is 22.3 Å². The highest BCUT2D eigenvalue weighted by molar-refractivity contribution is 8.08. The van der Waals surface area contributed by atoms with Crippen LogP contribution in [0, 0.1) is 0 Å². The minimum atomic E-state index is -1.40. The molecule has 2 nitrogen and oxygen atoms in total. The van der Waals surface area contributed by atoms with Crippen LogP contribution in [0.3, 0.4) is 0 Å². The van der Waals surface area contributed by atoms with Gasteiger partial charge in [-0.15, -0.1) is 0 Å². The number of halogens is 2. The Morgan fingerprint density at radius 1 is 0.688 bits per heavy atom. The highest BCUT2D eigenvalue weighted by Gasteiger charge is 2.33. The molecule has 0 spiro atoms. The SMILES string of the molecule is CC(C)c1cccc(C(C)C)c1-n1cc[n+](-c2c(C(C)C)cccc2C(C)C)c1P(Cl)Cl. The Morgan fingerprint density at radius 3 is 1.47 bits per heavy atom. The molecular formula is C27H36Cl2N2P+. The molecule has 0 atom stereocenters. The van der Waals surface area contributed by atoms with Gasteiger partial charge in [0.15, 0.2) is 0 Å². The van der Waals surface area contributed by atoms with Gasteiger partial charge >= 0.3 is 5.57 Å². The van der Waals surface area contributed by atoms with E-state index in [1.807, 2.05) is 0 Å². The Morgan fingerprint density at radius 2 is 1.09 bits per heavy atom. The van der Waals surface area contributed by atoms with Crippen LogP contribution in [0.4, 0.5) is 0 Å². The molecule has 172 valence electrons. The van der Waals surface area contributed by atoms with Gasteiger partial charge in [-0.05, 0) is 23.7 Å². The maximum atomic E-state index is 6.77. The molecule has 1 aromatic heterocycles. The van der Waals surface area contributed by atoms with E-state index < -0.39 is 6.63 Å². The second-order valence-corrected chi connectivity index (χ2v) is 13.2. The largest absolute Gasteiger partial charge is 0.318 e. The summed E-state index contributed by atoms with van der Waals surface area (Å²) in [5.74, 6) is 1.55. The predicted molar refractivity (Wildman–Crippen MR) is 142 cm³/mol. The number of aromatic nitrogens is 2. The summed E-state index contributed by atoms with van der Waals surface area (Å²) >= 11 is 13.5. The van der Waals surface area contributed by atoms with Crippen molar-refractivity contribution in [2.75, 3.05) is 0 Å². The third-order valence-corrected chi connectivity index (χ3v) is 7.75. The van der Waals surface area contributed by atoms with E-state index in [-0.39, 0.29) is 0 Å². The zero-order valence-corrected chi connectivity index (χ0v) is 22.9. The molecule has 0 N–H and O–H groups in total. The lowest BCUT2D eigenvalue weighted by Crippen LogP contribution is -2.46. The normalized spacial score (nSPS) is 12.2. The maximum absolute atomic E-state index is 6.77. The van der Waals surface area contributed by atoms with Gasteiger partial charge in [-0.3, -0.25) is 0 Å². The van der Waals surface area contributed by atoms with Gasteiger partial charge in [-0.25, -0.2) is 0 Å². The van der Waals surface area contributed by atoms with Crippen LogP contribution >= 0.6 is 29.1 Å². The van der Waals surface area contributed by atoms with Crippen LogP contribution < -0.4 is 10.1 Å². The molecule has 0 unspecified atom stereocenters. The van der Waals surface area contributed by atoms with Crippen molar-refractivity contribution in [1.29, 1.82) is 0 Å². The number of imidazole rings is 1. The average Bonchev–Trinajstić information content (AvgIpc) is 3.17. The van der Waals surface area contributed by atoms with Gasteiger partial charge in [0.1, 0.15) is 23.8 Å². The Hall–Kier alpha value is -1.34. The molecule has 5 heteroatoms. The van der Waals surface area contributed by atoms with E-state index in [1.54, 1.807) is 0 Å². The minimum absolute atomic E-state index is 0.387. The van der Waals surface area contributed by atoms with Gasteiger partial charge in [0.2, 0.25) is 6.63 Å². The van der Waals surface area contributed by atoms with Crippen LogP contribution in [0.15, 0.2) is 48.8 Å². The second kappa shape index (κ2) is 10.3. The van der Waals surface area contributed by atoms with E-state index in [9.17, 15) is 0 Å². The first-order valence-corrected chi connectivity index (χ1v) is 14.7. The molecule has 3 aromatic rings. The number of hydrogen-bond donors (Lipinski definition) is 0. The Labute approximate surface area is 204 Å². The molecule has 0 amide bonds. The fourth-order valence-electron chi connectivity index (χ4n) is 4.47. The fraction of sp³-hybridized carbons (Fsp3) is 0.444. The summed E-state index contributed by atoms with van der Waals surface area (Å²) in [4.78, 5) is 0. The molecule has 1 heterocycles. The van der Waals surface area contributed by atoms with Crippen molar-refractivity contribution in [3.8, 4) is 11.4 Å². The molecule has 0 aliphatic carbocycles. The molecule has 2 aromatic carbocycles. The van der Waals surface area contributed by atoms with E-state index >= 15 is 0 Å². The highest BCUT2D eigenvalue weighted by Crippen LogP contribution is 2.46. The van der Waals surface area contributed by atoms with Crippen LogP contribution in [0.1, 0.15) is 101 Å². The summed E-state index contributed by atoms with van der Waals surface area (Å²) in [6.07, 6.45) is 4.29. The molecule has 32 heavy (non-hydrogen) atoms. The molecule has 0 saturated carbocycles. The summed E-state index contributed by atoms with van der Waals surface area (Å²) in [5, 5.41) is 0. The van der Waals surface area contributed by atoms with Crippen LogP contribution in [0.2, 0.25) is 0 Å². The van der Waals surface area contributed by atoms with E-state index in [0.29, 0.717) is 23.7 Å². The van der Waals surface area contributed by atoms with E-state index in [2.05, 4.69) is 113 Å². The van der Waals surface area contributed by atoms with Crippen molar-refractivity contribution in [3.05, 3.63) is 71.0 Å². The Bertz CT molecular complexity index is 948. The van der Waals surface area contributed by atoms with Gasteiger partial charge in [-0.1, -0.05) is 114 Å². The van der Waals surface area contributed by atoms with Crippen molar-refractivity contribution in [2.45, 2.75) is 79.1 Å². The zero-order chi connectivity index (χ0) is 23.7. The van der Waals surface area contributed by atoms with Crippen molar-refractivity contribution in [2.24, 2.45) is 0 Å². The summed E-state index contributed by atoms with van der Waals surface area (Å²) in [6, 6.07) is 13.2. The predicted octanol–water partition coefficient (Wildman–Crippen LogP) is 8.66. The van der Waals surface area contributed by atoms with Crippen molar-refractivity contribution < 1.29 is 4.57 Å². The van der Waals surface area contributed by atoms with Crippen LogP contribution in [0.5, 0.6) is 0 Å². The smallest absolute Gasteiger partial charge is 0.193 e. The Kier molecular flexibility index (Phi) is 8.13. The van der Waals surface area contributed by atoms with Gasteiger partial charge in [-0.2, -0.15) is 9.13 Å². The number of rotatable bonds is 7. The molecule has 0 aliphatic rings. The van der Waals surface area contributed by atoms with Gasteiger partial charge in [0.05, 0.1) is 0 Å². The summed E-state index contributed by atoms with van der Waals surface area (Å²) in [7, 11) is 0. The second-order valence-electron chi connectivity index (χ2n) is 9.76. The fourth-order valence-corrected chi connectivity index (χ4v) is 6.11. The monoisotopic (exact) mass is 489 g/mol. The molecule has 0 fully saturated rings. The standard InChI is InChI=1S/C27H36Cl2N2P/c1-17(2)21-11-9-12-22(18(3)4)25(21)30-15-16-31(27(30)32(28)29)26-23(19(5)6)13-10-14-24(26)20(7)8/h9-20H,1-8H3/q+1. The lowest BCUT2D eigenvalue weighted by Gasteiger charge is -2.20. The molecule has 0 bridgehead atoms. The van der Waals surface area contributed by atoms with Crippen molar-refractivity contribution in [3.63, 3.8) is 0 Å². The summed E-state index contributed by atoms with van der Waals surface area (Å²) in [6.45, 7) is 16.6. The lowest BCUT2D eigenvalue weighted by molar-refractivity contribution is -0.576. The quantitative estimate of drug-likeness (QED) is 0.231. The molecule has 0 saturated heterocycles. The number of nitrogens with zero attached hydrogens (tertiary/aromatic N) is 2. The van der Waals surface area contributed by atoms with Crippen LogP contribution in [-0.4, -0.2) is 4.57 Å². The Balaban J connectivity index is 2.42. The number of benzene rings is 2. The molecular weight excluding hydrogens is 454 g/mol. The van der Waals surface area contributed by atoms with Crippen LogP contribution in [-0.2, 0) is 0 Å². The van der Waals surface area contributed by atoms with Gasteiger partial charge in [0.25, 0.3) is 0 Å². The van der Waals surface area contributed by atoms with Crippen LogP contribution in [0.25, 0.3) is 11.4 Å². The number of para-hydroxylation sites is 2. The third kappa shape index (κ3) is 4.79. The topological polar surface area (TPSA) is 8.81 Å². The average molecular weight is 490 g/mol. The van der Waals surface area contributed by atoms with E-state index in [0.717, 1.165) is 5.57 Å². The van der Waals surface area contributed by atoms with Crippen molar-refractivity contribution >= 4 is 34.7 Å². The maximum Gasteiger partial charge on any atom is 0.318 e. The van der Waals surface area contributed by atoms with E-state index in [1.165, 1.54) is 33.6 Å². The van der Waals surface area contributed by atoms with Gasteiger partial charge < -0.3 is 0 Å². The first-order valence-electron chi connectivity index (χ1n) is 11.6.